The zero-order chi connectivity index (χ0) is 20.2. The monoisotopic (exact) mass is 385 g/mol. The van der Waals surface area contributed by atoms with Crippen molar-refractivity contribution in [2.75, 3.05) is 4.90 Å². The van der Waals surface area contributed by atoms with E-state index < -0.39 is 0 Å². The summed E-state index contributed by atoms with van der Waals surface area (Å²) in [4.78, 5) is 15.0. The summed E-state index contributed by atoms with van der Waals surface area (Å²) in [5, 5.41) is 9.35. The predicted molar refractivity (Wildman–Crippen MR) is 117 cm³/mol. The van der Waals surface area contributed by atoms with Crippen molar-refractivity contribution in [2.45, 2.75) is 38.8 Å². The molecule has 0 radical (unpaired) electrons. The van der Waals surface area contributed by atoms with Crippen molar-refractivity contribution < 1.29 is 9.90 Å². The van der Waals surface area contributed by atoms with Gasteiger partial charge in [-0.25, -0.2) is 0 Å². The molecule has 0 saturated carbocycles. The molecule has 4 rings (SSSR count). The minimum Gasteiger partial charge on any atom is -0.392 e. The molecule has 0 aliphatic carbocycles. The first-order chi connectivity index (χ1) is 14.2. The molecule has 1 aliphatic rings. The third-order valence-corrected chi connectivity index (χ3v) is 5.85. The Labute approximate surface area is 172 Å². The van der Waals surface area contributed by atoms with Gasteiger partial charge in [0.15, 0.2) is 0 Å². The third kappa shape index (κ3) is 4.10. The van der Waals surface area contributed by atoms with Gasteiger partial charge in [-0.1, -0.05) is 72.3 Å². The Hall–Kier alpha value is -2.91. The fourth-order valence-corrected chi connectivity index (χ4v) is 4.20. The largest absolute Gasteiger partial charge is 0.392 e. The van der Waals surface area contributed by atoms with Gasteiger partial charge in [-0.2, -0.15) is 0 Å². The van der Waals surface area contributed by atoms with Crippen molar-refractivity contribution in [1.29, 1.82) is 0 Å². The molecule has 1 aliphatic heterocycles. The highest BCUT2D eigenvalue weighted by Gasteiger charge is 2.48. The van der Waals surface area contributed by atoms with Crippen molar-refractivity contribution in [2.24, 2.45) is 5.92 Å². The van der Waals surface area contributed by atoms with Gasteiger partial charge in [-0.3, -0.25) is 4.79 Å². The lowest BCUT2D eigenvalue weighted by Crippen LogP contribution is -2.55. The molecule has 0 spiro atoms. The summed E-state index contributed by atoms with van der Waals surface area (Å²) in [5.41, 5.74) is 5.48. The maximum absolute atomic E-state index is 13.1. The lowest BCUT2D eigenvalue weighted by Gasteiger charge is -2.48. The molecule has 3 aromatic carbocycles. The van der Waals surface area contributed by atoms with Gasteiger partial charge in [0.2, 0.25) is 5.91 Å². The van der Waals surface area contributed by atoms with Gasteiger partial charge in [-0.15, -0.1) is 0 Å². The summed E-state index contributed by atoms with van der Waals surface area (Å²) >= 11 is 0. The molecule has 3 nitrogen and oxygen atoms in total. The highest BCUT2D eigenvalue weighted by Crippen LogP contribution is 2.45. The van der Waals surface area contributed by atoms with Gasteiger partial charge in [0, 0.05) is 5.69 Å². The minimum atomic E-state index is -0.00000756. The van der Waals surface area contributed by atoms with Crippen LogP contribution < -0.4 is 4.90 Å². The highest BCUT2D eigenvalue weighted by atomic mass is 16.3. The van der Waals surface area contributed by atoms with Crippen LogP contribution in [0.1, 0.15) is 41.1 Å². The number of hydrogen-bond acceptors (Lipinski definition) is 2. The zero-order valence-corrected chi connectivity index (χ0v) is 16.8. The summed E-state index contributed by atoms with van der Waals surface area (Å²) in [5.74, 6) is 0.207. The smallest absolute Gasteiger partial charge is 0.233 e. The number of aliphatic hydroxyl groups is 1. The summed E-state index contributed by atoms with van der Waals surface area (Å²) in [6, 6.07) is 26.7. The minimum absolute atomic E-state index is 0.00000756. The average Bonchev–Trinajstić information content (AvgIpc) is 2.77. The Morgan fingerprint density at radius 2 is 1.55 bits per heavy atom. The molecule has 148 valence electrons. The SMILES string of the molecule is Cc1ccc(N2C(=O)[C@H](CCCc3ccccc3)[C@H]2c2ccc(CO)cc2)cc1. The number of carbonyl (C=O) groups is 1. The van der Waals surface area contributed by atoms with E-state index >= 15 is 0 Å². The summed E-state index contributed by atoms with van der Waals surface area (Å²) in [6.45, 7) is 2.09. The second kappa shape index (κ2) is 8.62. The Bertz CT molecular complexity index is 948. The van der Waals surface area contributed by atoms with E-state index in [9.17, 15) is 9.90 Å². The van der Waals surface area contributed by atoms with E-state index in [2.05, 4.69) is 43.3 Å². The van der Waals surface area contributed by atoms with Crippen LogP contribution in [0.25, 0.3) is 0 Å². The maximum atomic E-state index is 13.1. The first kappa shape index (κ1) is 19.4. The Morgan fingerprint density at radius 1 is 0.862 bits per heavy atom. The molecule has 3 heteroatoms. The van der Waals surface area contributed by atoms with Crippen LogP contribution in [-0.2, 0) is 17.8 Å². The van der Waals surface area contributed by atoms with E-state index in [1.807, 2.05) is 47.4 Å². The van der Waals surface area contributed by atoms with Crippen LogP contribution in [0.4, 0.5) is 5.69 Å². The van der Waals surface area contributed by atoms with Gasteiger partial charge in [-0.05, 0) is 55.0 Å². The van der Waals surface area contributed by atoms with Crippen LogP contribution >= 0.6 is 0 Å². The van der Waals surface area contributed by atoms with Gasteiger partial charge < -0.3 is 10.0 Å². The van der Waals surface area contributed by atoms with Gasteiger partial charge in [0.1, 0.15) is 0 Å². The van der Waals surface area contributed by atoms with Gasteiger partial charge in [0.25, 0.3) is 0 Å². The maximum Gasteiger partial charge on any atom is 0.233 e. The van der Waals surface area contributed by atoms with Crippen LogP contribution in [0.5, 0.6) is 0 Å². The second-order valence-electron chi connectivity index (χ2n) is 7.87. The Morgan fingerprint density at radius 3 is 2.21 bits per heavy atom. The van der Waals surface area contributed by atoms with Crippen LogP contribution in [0.2, 0.25) is 0 Å². The number of anilines is 1. The topological polar surface area (TPSA) is 40.5 Å². The number of β-lactam (4-membered cyclic amide) rings is 1. The zero-order valence-electron chi connectivity index (χ0n) is 16.8. The van der Waals surface area contributed by atoms with Crippen molar-refractivity contribution in [3.05, 3.63) is 101 Å². The summed E-state index contributed by atoms with van der Waals surface area (Å²) in [7, 11) is 0. The Balaban J connectivity index is 1.54. The fourth-order valence-electron chi connectivity index (χ4n) is 4.20. The van der Waals surface area contributed by atoms with E-state index in [1.165, 1.54) is 11.1 Å². The molecular formula is C26H27NO2. The molecule has 1 N–H and O–H groups in total. The molecule has 0 aromatic heterocycles. The van der Waals surface area contributed by atoms with E-state index in [0.29, 0.717) is 0 Å². The average molecular weight is 386 g/mol. The number of nitrogens with zero attached hydrogens (tertiary/aromatic N) is 1. The normalized spacial score (nSPS) is 18.6. The molecular weight excluding hydrogens is 358 g/mol. The number of hydrogen-bond donors (Lipinski definition) is 1. The summed E-state index contributed by atoms with van der Waals surface area (Å²) in [6.07, 6.45) is 2.86. The quantitative estimate of drug-likeness (QED) is 0.567. The van der Waals surface area contributed by atoms with E-state index in [0.717, 1.165) is 36.1 Å². The molecule has 1 heterocycles. The van der Waals surface area contributed by atoms with Crippen LogP contribution in [0.3, 0.4) is 0 Å². The number of rotatable bonds is 7. The molecule has 1 amide bonds. The van der Waals surface area contributed by atoms with Crippen molar-refractivity contribution in [3.63, 3.8) is 0 Å². The molecule has 2 atom stereocenters. The van der Waals surface area contributed by atoms with Crippen molar-refractivity contribution in [3.8, 4) is 0 Å². The fraction of sp³-hybridized carbons (Fsp3) is 0.269. The highest BCUT2D eigenvalue weighted by molar-refractivity contribution is 6.03. The molecule has 0 bridgehead atoms. The van der Waals surface area contributed by atoms with Gasteiger partial charge in [0.05, 0.1) is 18.6 Å². The molecule has 29 heavy (non-hydrogen) atoms. The van der Waals surface area contributed by atoms with Crippen molar-refractivity contribution >= 4 is 11.6 Å². The van der Waals surface area contributed by atoms with Crippen LogP contribution in [-0.4, -0.2) is 11.0 Å². The second-order valence-corrected chi connectivity index (χ2v) is 7.87. The molecule has 0 unspecified atom stereocenters. The Kier molecular flexibility index (Phi) is 5.77. The number of aryl methyl sites for hydroxylation is 2. The predicted octanol–water partition coefficient (Wildman–Crippen LogP) is 5.21. The number of amides is 1. The van der Waals surface area contributed by atoms with Crippen LogP contribution in [0, 0.1) is 12.8 Å². The first-order valence-electron chi connectivity index (χ1n) is 10.3. The molecule has 3 aromatic rings. The standard InChI is InChI=1S/C26H27NO2/c1-19-10-16-23(17-11-19)27-25(22-14-12-21(18-28)13-15-22)24(26(27)29)9-5-8-20-6-3-2-4-7-20/h2-4,6-7,10-17,24-25,28H,5,8-9,18H2,1H3/t24-,25-/m1/s1. The van der Waals surface area contributed by atoms with E-state index in [-0.39, 0.29) is 24.5 Å². The molecule has 1 fully saturated rings. The number of carbonyl (C=O) groups excluding carboxylic acids is 1. The first-order valence-corrected chi connectivity index (χ1v) is 10.3. The summed E-state index contributed by atoms with van der Waals surface area (Å²) < 4.78 is 0. The molecule has 1 saturated heterocycles. The van der Waals surface area contributed by atoms with Gasteiger partial charge >= 0.3 is 0 Å². The van der Waals surface area contributed by atoms with Crippen molar-refractivity contribution in [1.82, 2.24) is 0 Å². The third-order valence-electron chi connectivity index (χ3n) is 5.85. The lowest BCUT2D eigenvalue weighted by atomic mass is 9.78. The number of benzene rings is 3. The van der Waals surface area contributed by atoms with Crippen LogP contribution in [0.15, 0.2) is 78.9 Å². The lowest BCUT2D eigenvalue weighted by molar-refractivity contribution is -0.130. The van der Waals surface area contributed by atoms with E-state index in [1.54, 1.807) is 0 Å². The van der Waals surface area contributed by atoms with E-state index in [4.69, 9.17) is 0 Å². The number of aliphatic hydroxyl groups excluding tert-OH is 1.